The fraction of sp³-hybridized carbons (Fsp3) is 0.647. The Balaban J connectivity index is 1.90. The van der Waals surface area contributed by atoms with Crippen molar-refractivity contribution < 1.29 is 5.11 Å². The first-order valence-corrected chi connectivity index (χ1v) is 7.56. The van der Waals surface area contributed by atoms with Crippen molar-refractivity contribution >= 4 is 0 Å². The summed E-state index contributed by atoms with van der Waals surface area (Å²) in [7, 11) is 0. The van der Waals surface area contributed by atoms with E-state index >= 15 is 0 Å². The molecule has 1 aliphatic rings. The van der Waals surface area contributed by atoms with Crippen LogP contribution in [0.1, 0.15) is 69.1 Å². The molecule has 1 aromatic carbocycles. The fourth-order valence-corrected chi connectivity index (χ4v) is 3.03. The van der Waals surface area contributed by atoms with Crippen molar-refractivity contribution in [3.63, 3.8) is 0 Å². The second-order valence-corrected chi connectivity index (χ2v) is 5.70. The molecule has 1 saturated carbocycles. The third kappa shape index (κ3) is 3.84. The Morgan fingerprint density at radius 3 is 2.22 bits per heavy atom. The topological polar surface area (TPSA) is 20.2 Å². The number of hydrogen-bond acceptors (Lipinski definition) is 1. The molecule has 2 rings (SSSR count). The molecule has 0 heterocycles. The molecule has 0 aliphatic heterocycles. The smallest absolute Gasteiger partial charge is 0.0792 e. The molecular formula is C17H26O. The van der Waals surface area contributed by atoms with Gasteiger partial charge in [0.15, 0.2) is 0 Å². The zero-order valence-corrected chi connectivity index (χ0v) is 11.6. The van der Waals surface area contributed by atoms with Gasteiger partial charge in [-0.3, -0.25) is 0 Å². The zero-order valence-electron chi connectivity index (χ0n) is 11.6. The maximum absolute atomic E-state index is 10.3. The van der Waals surface area contributed by atoms with E-state index in [1.165, 1.54) is 44.1 Å². The van der Waals surface area contributed by atoms with Crippen LogP contribution in [0, 0.1) is 5.92 Å². The van der Waals surface area contributed by atoms with Crippen molar-refractivity contribution in [3.8, 4) is 0 Å². The van der Waals surface area contributed by atoms with Crippen LogP contribution in [0.4, 0.5) is 0 Å². The van der Waals surface area contributed by atoms with Gasteiger partial charge in [0.25, 0.3) is 0 Å². The molecule has 0 radical (unpaired) electrons. The first kappa shape index (κ1) is 13.6. The highest BCUT2D eigenvalue weighted by molar-refractivity contribution is 5.24. The Hall–Kier alpha value is -0.820. The highest BCUT2D eigenvalue weighted by Gasteiger charge is 2.17. The molecule has 0 amide bonds. The summed E-state index contributed by atoms with van der Waals surface area (Å²) in [6.07, 6.45) is 9.85. The number of aliphatic hydroxyl groups excluding tert-OH is 1. The van der Waals surface area contributed by atoms with E-state index in [9.17, 15) is 5.11 Å². The Bertz CT molecular complexity index is 333. The molecular weight excluding hydrogens is 220 g/mol. The lowest BCUT2D eigenvalue weighted by molar-refractivity contribution is 0.139. The van der Waals surface area contributed by atoms with Gasteiger partial charge in [-0.15, -0.1) is 0 Å². The van der Waals surface area contributed by atoms with E-state index in [4.69, 9.17) is 0 Å². The Labute approximate surface area is 111 Å². The lowest BCUT2D eigenvalue weighted by Crippen LogP contribution is -2.07. The van der Waals surface area contributed by atoms with E-state index in [1.807, 2.05) is 0 Å². The van der Waals surface area contributed by atoms with Gasteiger partial charge < -0.3 is 5.11 Å². The minimum absolute atomic E-state index is 0.265. The highest BCUT2D eigenvalue weighted by atomic mass is 16.3. The molecule has 1 atom stereocenters. The van der Waals surface area contributed by atoms with E-state index < -0.39 is 0 Å². The monoisotopic (exact) mass is 246 g/mol. The van der Waals surface area contributed by atoms with Crippen LogP contribution < -0.4 is 0 Å². The number of rotatable bonds is 4. The van der Waals surface area contributed by atoms with E-state index in [1.54, 1.807) is 0 Å². The number of hydrogen-bond donors (Lipinski definition) is 1. The van der Waals surface area contributed by atoms with E-state index in [0.717, 1.165) is 24.3 Å². The van der Waals surface area contributed by atoms with Gasteiger partial charge in [-0.25, -0.2) is 0 Å². The third-order valence-electron chi connectivity index (χ3n) is 4.30. The summed E-state index contributed by atoms with van der Waals surface area (Å²) in [5.41, 5.74) is 2.44. The minimum Gasteiger partial charge on any atom is -0.388 e. The van der Waals surface area contributed by atoms with Crippen LogP contribution in [-0.2, 0) is 6.42 Å². The van der Waals surface area contributed by atoms with Gasteiger partial charge in [-0.2, -0.15) is 0 Å². The summed E-state index contributed by atoms with van der Waals surface area (Å²) in [4.78, 5) is 0. The molecule has 1 N–H and O–H groups in total. The predicted molar refractivity (Wildman–Crippen MR) is 76.6 cm³/mol. The van der Waals surface area contributed by atoms with Crippen LogP contribution >= 0.6 is 0 Å². The van der Waals surface area contributed by atoms with E-state index in [2.05, 4.69) is 31.2 Å². The van der Waals surface area contributed by atoms with Gasteiger partial charge in [-0.1, -0.05) is 69.7 Å². The molecule has 1 unspecified atom stereocenters. The quantitative estimate of drug-likeness (QED) is 0.767. The zero-order chi connectivity index (χ0) is 12.8. The van der Waals surface area contributed by atoms with Crippen molar-refractivity contribution in [2.75, 3.05) is 0 Å². The molecule has 1 nitrogen and oxygen atoms in total. The molecule has 1 aliphatic carbocycles. The second kappa shape index (κ2) is 6.94. The second-order valence-electron chi connectivity index (χ2n) is 5.70. The summed E-state index contributed by atoms with van der Waals surface area (Å²) in [5.74, 6) is 0.730. The van der Waals surface area contributed by atoms with Gasteiger partial charge in [0.1, 0.15) is 0 Å². The average molecular weight is 246 g/mol. The maximum atomic E-state index is 10.3. The van der Waals surface area contributed by atoms with Crippen LogP contribution in [0.3, 0.4) is 0 Å². The molecule has 1 heteroatoms. The normalized spacial score (nSPS) is 19.4. The Morgan fingerprint density at radius 1 is 1.06 bits per heavy atom. The van der Waals surface area contributed by atoms with Crippen molar-refractivity contribution in [1.29, 1.82) is 0 Å². The third-order valence-corrected chi connectivity index (χ3v) is 4.30. The van der Waals surface area contributed by atoms with Crippen molar-refractivity contribution in [3.05, 3.63) is 35.4 Å². The van der Waals surface area contributed by atoms with Crippen LogP contribution in [0.15, 0.2) is 24.3 Å². The van der Waals surface area contributed by atoms with E-state index in [-0.39, 0.29) is 6.10 Å². The standard InChI is InChI=1S/C17H26O/c1-2-14-9-11-16(12-10-14)17(18)13-15-7-5-3-4-6-8-15/h9-12,15,17-18H,2-8,13H2,1H3. The highest BCUT2D eigenvalue weighted by Crippen LogP contribution is 2.31. The van der Waals surface area contributed by atoms with E-state index in [0.29, 0.717) is 0 Å². The minimum atomic E-state index is -0.265. The van der Waals surface area contributed by atoms with Crippen LogP contribution in [0.25, 0.3) is 0 Å². The first-order chi connectivity index (χ1) is 8.79. The maximum Gasteiger partial charge on any atom is 0.0792 e. The fourth-order valence-electron chi connectivity index (χ4n) is 3.03. The first-order valence-electron chi connectivity index (χ1n) is 7.56. The molecule has 0 spiro atoms. The molecule has 18 heavy (non-hydrogen) atoms. The van der Waals surface area contributed by atoms with Crippen LogP contribution in [0.2, 0.25) is 0 Å². The number of aryl methyl sites for hydroxylation is 1. The van der Waals surface area contributed by atoms with Crippen molar-refractivity contribution in [1.82, 2.24) is 0 Å². The molecule has 100 valence electrons. The molecule has 1 aromatic rings. The summed E-state index contributed by atoms with van der Waals surface area (Å²) in [6, 6.07) is 8.48. The number of benzene rings is 1. The van der Waals surface area contributed by atoms with Crippen LogP contribution in [-0.4, -0.2) is 5.11 Å². The van der Waals surface area contributed by atoms with Gasteiger partial charge in [0.2, 0.25) is 0 Å². The average Bonchev–Trinajstić information content (AvgIpc) is 2.67. The predicted octanol–water partition coefficient (Wildman–Crippen LogP) is 4.64. The van der Waals surface area contributed by atoms with Gasteiger partial charge in [0.05, 0.1) is 6.10 Å². The SMILES string of the molecule is CCc1ccc(C(O)CC2CCCCCC2)cc1. The van der Waals surface area contributed by atoms with Crippen LogP contribution in [0.5, 0.6) is 0 Å². The van der Waals surface area contributed by atoms with Gasteiger partial charge >= 0.3 is 0 Å². The molecule has 0 bridgehead atoms. The summed E-state index contributed by atoms with van der Waals surface area (Å²) < 4.78 is 0. The lowest BCUT2D eigenvalue weighted by Gasteiger charge is -2.19. The van der Waals surface area contributed by atoms with Crippen molar-refractivity contribution in [2.45, 2.75) is 64.4 Å². The largest absolute Gasteiger partial charge is 0.388 e. The summed E-state index contributed by atoms with van der Waals surface area (Å²) >= 11 is 0. The Morgan fingerprint density at radius 2 is 1.67 bits per heavy atom. The summed E-state index contributed by atoms with van der Waals surface area (Å²) in [5, 5.41) is 10.3. The molecule has 0 saturated heterocycles. The van der Waals surface area contributed by atoms with Gasteiger partial charge in [-0.05, 0) is 29.9 Å². The number of aliphatic hydroxyl groups is 1. The van der Waals surface area contributed by atoms with Gasteiger partial charge in [0, 0.05) is 0 Å². The molecule has 0 aromatic heterocycles. The van der Waals surface area contributed by atoms with Crippen molar-refractivity contribution in [2.24, 2.45) is 5.92 Å². The summed E-state index contributed by atoms with van der Waals surface area (Å²) in [6.45, 7) is 2.16. The lowest BCUT2D eigenvalue weighted by atomic mass is 9.91. The molecule has 1 fully saturated rings. The Kier molecular flexibility index (Phi) is 5.25.